The van der Waals surface area contributed by atoms with Crippen molar-refractivity contribution in [2.45, 2.75) is 39.0 Å². The smallest absolute Gasteiger partial charge is 0.322 e. The number of hydrogen-bond donors (Lipinski definition) is 3. The fraction of sp³-hybridized carbons (Fsp3) is 0.400. The van der Waals surface area contributed by atoms with Gasteiger partial charge in [0.1, 0.15) is 5.00 Å². The second-order valence-corrected chi connectivity index (χ2v) is 8.46. The number of carbonyl (C=O) groups excluding carboxylic acids is 2. The van der Waals surface area contributed by atoms with Crippen LogP contribution in [0.1, 0.15) is 40.2 Å². The summed E-state index contributed by atoms with van der Waals surface area (Å²) in [6.45, 7) is 4.66. The number of ether oxygens (including phenoxy) is 1. The van der Waals surface area contributed by atoms with Gasteiger partial charge in [0.2, 0.25) is 0 Å². The van der Waals surface area contributed by atoms with E-state index in [-0.39, 0.29) is 19.2 Å². The molecule has 0 radical (unpaired) electrons. The number of carbonyl (C=O) groups is 2. The lowest BCUT2D eigenvalue weighted by Gasteiger charge is -2.30. The molecule has 0 saturated heterocycles. The molecule has 0 spiro atoms. The second-order valence-electron chi connectivity index (χ2n) is 7.36. The summed E-state index contributed by atoms with van der Waals surface area (Å²) in [4.78, 5) is 27.4. The zero-order valence-electron chi connectivity index (χ0n) is 16.0. The zero-order valence-corrected chi connectivity index (χ0v) is 16.8. The maximum absolute atomic E-state index is 12.8. The number of anilines is 1. The van der Waals surface area contributed by atoms with Crippen molar-refractivity contribution >= 4 is 28.3 Å². The number of thiophene rings is 1. The summed E-state index contributed by atoms with van der Waals surface area (Å²) in [5.74, 6) is -0.567. The summed E-state index contributed by atoms with van der Waals surface area (Å²) in [7, 11) is 0. The van der Waals surface area contributed by atoms with Crippen LogP contribution >= 0.6 is 11.3 Å². The number of fused-ring (bicyclic) bond motifs is 1. The van der Waals surface area contributed by atoms with Gasteiger partial charge in [-0.1, -0.05) is 30.3 Å². The second kappa shape index (κ2) is 8.30. The van der Waals surface area contributed by atoms with Crippen molar-refractivity contribution in [2.75, 3.05) is 18.5 Å². The van der Waals surface area contributed by atoms with E-state index in [0.717, 1.165) is 16.0 Å². The number of nitrogens with zero attached hydrogens (tertiary/aromatic N) is 1. The fourth-order valence-corrected chi connectivity index (χ4v) is 4.38. The highest BCUT2D eigenvalue weighted by Gasteiger charge is 2.33. The molecule has 0 unspecified atom stereocenters. The van der Waals surface area contributed by atoms with Crippen molar-refractivity contribution < 1.29 is 19.4 Å². The van der Waals surface area contributed by atoms with Gasteiger partial charge >= 0.3 is 6.03 Å². The molecule has 2 aromatic rings. The Hall–Kier alpha value is -2.42. The highest BCUT2D eigenvalue weighted by molar-refractivity contribution is 7.17. The lowest BCUT2D eigenvalue weighted by Crippen LogP contribution is -2.37. The first-order chi connectivity index (χ1) is 13.3. The molecule has 150 valence electrons. The van der Waals surface area contributed by atoms with Crippen LogP contribution in [0.5, 0.6) is 0 Å². The Kier molecular flexibility index (Phi) is 6.02. The van der Waals surface area contributed by atoms with Crippen molar-refractivity contribution in [3.05, 3.63) is 51.9 Å². The number of nitrogens with one attached hydrogen (secondary N) is 1. The molecule has 0 atom stereocenters. The SMILES string of the molecule is CC1(C)Cc2c(sc(NC(=O)N(CCO)Cc3ccccc3)c2C(N)=O)CO1. The first-order valence-corrected chi connectivity index (χ1v) is 9.91. The molecule has 3 amide bonds. The number of primary amides is 1. The average Bonchev–Trinajstić information content (AvgIpc) is 2.98. The van der Waals surface area contributed by atoms with Crippen molar-refractivity contribution in [3.8, 4) is 0 Å². The number of rotatable bonds is 6. The van der Waals surface area contributed by atoms with Gasteiger partial charge in [0.05, 0.1) is 24.4 Å². The summed E-state index contributed by atoms with van der Waals surface area (Å²) >= 11 is 1.31. The van der Waals surface area contributed by atoms with Gasteiger partial charge in [0.15, 0.2) is 0 Å². The highest BCUT2D eigenvalue weighted by Crippen LogP contribution is 2.40. The van der Waals surface area contributed by atoms with Crippen LogP contribution in [0.4, 0.5) is 9.80 Å². The van der Waals surface area contributed by atoms with Crippen LogP contribution in [0.25, 0.3) is 0 Å². The van der Waals surface area contributed by atoms with Crippen LogP contribution in [0.2, 0.25) is 0 Å². The molecule has 2 heterocycles. The summed E-state index contributed by atoms with van der Waals surface area (Å²) in [5, 5.41) is 12.6. The average molecular weight is 404 g/mol. The zero-order chi connectivity index (χ0) is 20.3. The third-order valence-corrected chi connectivity index (χ3v) is 5.75. The van der Waals surface area contributed by atoms with Crippen LogP contribution in [-0.4, -0.2) is 40.7 Å². The predicted octanol–water partition coefficient (Wildman–Crippen LogP) is 2.72. The van der Waals surface area contributed by atoms with Crippen molar-refractivity contribution in [3.63, 3.8) is 0 Å². The van der Waals surface area contributed by atoms with E-state index >= 15 is 0 Å². The highest BCUT2D eigenvalue weighted by atomic mass is 32.1. The van der Waals surface area contributed by atoms with Gasteiger partial charge in [-0.3, -0.25) is 10.1 Å². The molecule has 0 saturated carbocycles. The Morgan fingerprint density at radius 3 is 2.68 bits per heavy atom. The van der Waals surface area contributed by atoms with E-state index in [1.54, 1.807) is 0 Å². The molecule has 8 heteroatoms. The van der Waals surface area contributed by atoms with E-state index in [1.165, 1.54) is 16.2 Å². The number of amides is 3. The van der Waals surface area contributed by atoms with Gasteiger partial charge in [-0.25, -0.2) is 4.79 Å². The minimum atomic E-state index is -0.567. The summed E-state index contributed by atoms with van der Waals surface area (Å²) in [5.41, 5.74) is 7.38. The number of hydrogen-bond acceptors (Lipinski definition) is 5. The van der Waals surface area contributed by atoms with E-state index in [4.69, 9.17) is 10.5 Å². The van der Waals surface area contributed by atoms with E-state index < -0.39 is 11.5 Å². The molecular weight excluding hydrogens is 378 g/mol. The number of benzene rings is 1. The standard InChI is InChI=1S/C20H25N3O4S/c1-20(2)10-14-15(12-27-20)28-18(16(14)17(21)25)22-19(26)23(8-9-24)11-13-6-4-3-5-7-13/h3-7,24H,8-12H2,1-2H3,(H2,21,25)(H,22,26). The molecule has 1 aromatic heterocycles. The maximum Gasteiger partial charge on any atom is 0.322 e. The number of aliphatic hydroxyl groups is 1. The molecule has 7 nitrogen and oxygen atoms in total. The van der Waals surface area contributed by atoms with Gasteiger partial charge in [-0.15, -0.1) is 11.3 Å². The maximum atomic E-state index is 12.8. The fourth-order valence-electron chi connectivity index (χ4n) is 3.26. The van der Waals surface area contributed by atoms with E-state index in [0.29, 0.717) is 30.1 Å². The molecule has 4 N–H and O–H groups in total. The Morgan fingerprint density at radius 1 is 1.32 bits per heavy atom. The van der Waals surface area contributed by atoms with Crippen LogP contribution < -0.4 is 11.1 Å². The van der Waals surface area contributed by atoms with Gasteiger partial charge < -0.3 is 20.5 Å². The summed E-state index contributed by atoms with van der Waals surface area (Å²) in [6.07, 6.45) is 0.553. The van der Waals surface area contributed by atoms with Gasteiger partial charge in [0.25, 0.3) is 5.91 Å². The van der Waals surface area contributed by atoms with E-state index in [1.807, 2.05) is 44.2 Å². The molecular formula is C20H25N3O4S. The Balaban J connectivity index is 1.84. The number of nitrogens with two attached hydrogens (primary N) is 1. The molecule has 0 bridgehead atoms. The number of urea groups is 1. The van der Waals surface area contributed by atoms with Crippen LogP contribution in [-0.2, 0) is 24.3 Å². The lowest BCUT2D eigenvalue weighted by molar-refractivity contribution is -0.0383. The first kappa shape index (κ1) is 20.3. The largest absolute Gasteiger partial charge is 0.395 e. The third kappa shape index (κ3) is 4.52. The first-order valence-electron chi connectivity index (χ1n) is 9.10. The summed E-state index contributed by atoms with van der Waals surface area (Å²) < 4.78 is 5.81. The minimum absolute atomic E-state index is 0.161. The van der Waals surface area contributed by atoms with Crippen molar-refractivity contribution in [1.82, 2.24) is 4.90 Å². The van der Waals surface area contributed by atoms with Gasteiger partial charge in [0, 0.05) is 24.4 Å². The molecule has 28 heavy (non-hydrogen) atoms. The lowest BCUT2D eigenvalue weighted by atomic mass is 9.93. The Morgan fingerprint density at radius 2 is 2.04 bits per heavy atom. The van der Waals surface area contributed by atoms with Crippen molar-refractivity contribution in [1.29, 1.82) is 0 Å². The van der Waals surface area contributed by atoms with Crippen LogP contribution in [0, 0.1) is 0 Å². The molecule has 1 aliphatic rings. The van der Waals surface area contributed by atoms with E-state index in [9.17, 15) is 14.7 Å². The molecule has 0 fully saturated rings. The predicted molar refractivity (Wildman–Crippen MR) is 108 cm³/mol. The Labute approximate surface area is 168 Å². The van der Waals surface area contributed by atoms with Crippen LogP contribution in [0.15, 0.2) is 30.3 Å². The Bertz CT molecular complexity index is 864. The van der Waals surface area contributed by atoms with Crippen LogP contribution in [0.3, 0.4) is 0 Å². The molecule has 1 aromatic carbocycles. The topological polar surface area (TPSA) is 105 Å². The minimum Gasteiger partial charge on any atom is -0.395 e. The van der Waals surface area contributed by atoms with Gasteiger partial charge in [-0.2, -0.15) is 0 Å². The van der Waals surface area contributed by atoms with Gasteiger partial charge in [-0.05, 0) is 25.0 Å². The van der Waals surface area contributed by atoms with Crippen molar-refractivity contribution in [2.24, 2.45) is 5.73 Å². The quantitative estimate of drug-likeness (QED) is 0.690. The third-order valence-electron chi connectivity index (χ3n) is 4.63. The van der Waals surface area contributed by atoms with E-state index in [2.05, 4.69) is 5.32 Å². The number of aliphatic hydroxyl groups excluding tert-OH is 1. The molecule has 0 aliphatic carbocycles. The normalized spacial score (nSPS) is 15.0. The monoisotopic (exact) mass is 403 g/mol. The molecule has 3 rings (SSSR count). The molecule has 1 aliphatic heterocycles. The summed E-state index contributed by atoms with van der Waals surface area (Å²) in [6, 6.07) is 9.12.